The summed E-state index contributed by atoms with van der Waals surface area (Å²) in [6.07, 6.45) is 0.651. The van der Waals surface area contributed by atoms with Gasteiger partial charge >= 0.3 is 0 Å². The van der Waals surface area contributed by atoms with Crippen LogP contribution in [0.25, 0.3) is 10.2 Å². The lowest BCUT2D eigenvalue weighted by Crippen LogP contribution is -2.15. The van der Waals surface area contributed by atoms with Crippen molar-refractivity contribution in [3.05, 3.63) is 41.7 Å². The Morgan fingerprint density at radius 3 is 2.78 bits per heavy atom. The Balaban J connectivity index is 1.41. The molecule has 140 valence electrons. The second-order valence-corrected chi connectivity index (χ2v) is 7.03. The molecule has 1 aliphatic heterocycles. The first-order valence-electron chi connectivity index (χ1n) is 8.45. The molecular formula is C19H17FN2O4S. The molecule has 8 heteroatoms. The molecule has 0 radical (unpaired) electrons. The Morgan fingerprint density at radius 2 is 2.04 bits per heavy atom. The molecule has 0 aliphatic carbocycles. The van der Waals surface area contributed by atoms with Crippen molar-refractivity contribution < 1.29 is 23.4 Å². The second kappa shape index (κ2) is 7.40. The van der Waals surface area contributed by atoms with Crippen molar-refractivity contribution in [1.29, 1.82) is 0 Å². The number of nitrogens with one attached hydrogen (secondary N) is 1. The summed E-state index contributed by atoms with van der Waals surface area (Å²) in [7, 11) is 1.41. The molecule has 1 N–H and O–H groups in total. The van der Waals surface area contributed by atoms with Gasteiger partial charge < -0.3 is 19.5 Å². The van der Waals surface area contributed by atoms with Crippen LogP contribution < -0.4 is 19.5 Å². The minimum atomic E-state index is -0.435. The Morgan fingerprint density at radius 1 is 1.26 bits per heavy atom. The quantitative estimate of drug-likeness (QED) is 0.720. The van der Waals surface area contributed by atoms with Crippen LogP contribution in [0.3, 0.4) is 0 Å². The van der Waals surface area contributed by atoms with Gasteiger partial charge in [0.05, 0.1) is 17.3 Å². The molecular weight excluding hydrogens is 371 g/mol. The highest BCUT2D eigenvalue weighted by molar-refractivity contribution is 7.22. The largest absolute Gasteiger partial charge is 0.494 e. The summed E-state index contributed by atoms with van der Waals surface area (Å²) < 4.78 is 30.6. The van der Waals surface area contributed by atoms with Crippen LogP contribution in [0.1, 0.15) is 12.0 Å². The highest BCUT2D eigenvalue weighted by Gasteiger charge is 2.16. The van der Waals surface area contributed by atoms with Crippen molar-refractivity contribution in [1.82, 2.24) is 4.98 Å². The van der Waals surface area contributed by atoms with E-state index in [1.54, 1.807) is 12.1 Å². The van der Waals surface area contributed by atoms with Gasteiger partial charge in [-0.1, -0.05) is 17.4 Å². The minimum absolute atomic E-state index is 0.178. The van der Waals surface area contributed by atoms with Gasteiger partial charge in [0.2, 0.25) is 5.91 Å². The number of aryl methyl sites for hydroxylation is 1. The van der Waals surface area contributed by atoms with E-state index >= 15 is 0 Å². The monoisotopic (exact) mass is 388 g/mol. The zero-order valence-electron chi connectivity index (χ0n) is 14.6. The summed E-state index contributed by atoms with van der Waals surface area (Å²) in [6, 6.07) is 8.38. The Kier molecular flexibility index (Phi) is 4.81. The van der Waals surface area contributed by atoms with Crippen molar-refractivity contribution in [2.45, 2.75) is 12.8 Å². The van der Waals surface area contributed by atoms with Crippen LogP contribution in [-0.4, -0.2) is 31.2 Å². The third kappa shape index (κ3) is 3.80. The number of rotatable bonds is 5. The fourth-order valence-electron chi connectivity index (χ4n) is 2.82. The Bertz CT molecular complexity index is 962. The molecule has 0 saturated carbocycles. The van der Waals surface area contributed by atoms with Gasteiger partial charge in [-0.15, -0.1) is 0 Å². The predicted octanol–water partition coefficient (Wildman–Crippen LogP) is 3.79. The van der Waals surface area contributed by atoms with Gasteiger partial charge in [0, 0.05) is 18.6 Å². The molecule has 0 fully saturated rings. The minimum Gasteiger partial charge on any atom is -0.494 e. The van der Waals surface area contributed by atoms with Crippen molar-refractivity contribution in [2.75, 3.05) is 25.6 Å². The summed E-state index contributed by atoms with van der Waals surface area (Å²) in [6.45, 7) is 1.03. The van der Waals surface area contributed by atoms with Gasteiger partial charge in [-0.3, -0.25) is 4.79 Å². The topological polar surface area (TPSA) is 69.7 Å². The zero-order chi connectivity index (χ0) is 18.8. The summed E-state index contributed by atoms with van der Waals surface area (Å²) in [5.41, 5.74) is 1.48. The summed E-state index contributed by atoms with van der Waals surface area (Å²) >= 11 is 1.37. The standard InChI is InChI=1S/C19H17FN2O4S/c1-24-14-4-2-11(8-12(14)20)3-5-18(23)22-19-21-13-9-15-16(10-17(13)27-19)26-7-6-25-15/h2,4,8-10H,3,5-7H2,1H3,(H,21,22,23). The number of carbonyl (C=O) groups is 1. The van der Waals surface area contributed by atoms with Crippen molar-refractivity contribution in [2.24, 2.45) is 0 Å². The van der Waals surface area contributed by atoms with E-state index in [-0.39, 0.29) is 18.1 Å². The Hall–Kier alpha value is -2.87. The maximum Gasteiger partial charge on any atom is 0.226 e. The van der Waals surface area contributed by atoms with Crippen LogP contribution in [0.4, 0.5) is 9.52 Å². The van der Waals surface area contributed by atoms with Gasteiger partial charge in [-0.05, 0) is 24.1 Å². The molecule has 4 rings (SSSR count). The second-order valence-electron chi connectivity index (χ2n) is 6.00. The molecule has 0 bridgehead atoms. The average Bonchev–Trinajstić information content (AvgIpc) is 3.05. The molecule has 0 spiro atoms. The third-order valence-corrected chi connectivity index (χ3v) is 5.09. The summed E-state index contributed by atoms with van der Waals surface area (Å²) in [5, 5.41) is 3.31. The van der Waals surface area contributed by atoms with E-state index in [2.05, 4.69) is 10.3 Å². The maximum absolute atomic E-state index is 13.7. The number of hydrogen-bond donors (Lipinski definition) is 1. The van der Waals surface area contributed by atoms with Crippen LogP contribution in [0.15, 0.2) is 30.3 Å². The van der Waals surface area contributed by atoms with Gasteiger partial charge in [0.1, 0.15) is 13.2 Å². The molecule has 2 aromatic carbocycles. The summed E-state index contributed by atoms with van der Waals surface area (Å²) in [5.74, 6) is 0.932. The summed E-state index contributed by atoms with van der Waals surface area (Å²) in [4.78, 5) is 16.6. The van der Waals surface area contributed by atoms with Crippen LogP contribution in [0, 0.1) is 5.82 Å². The smallest absolute Gasteiger partial charge is 0.226 e. The number of anilines is 1. The van der Waals surface area contributed by atoms with Crippen molar-refractivity contribution in [3.63, 3.8) is 0 Å². The highest BCUT2D eigenvalue weighted by Crippen LogP contribution is 2.37. The molecule has 0 unspecified atom stereocenters. The van der Waals surface area contributed by atoms with E-state index in [9.17, 15) is 9.18 Å². The number of aromatic nitrogens is 1. The number of fused-ring (bicyclic) bond motifs is 2. The van der Waals surface area contributed by atoms with E-state index in [1.165, 1.54) is 24.5 Å². The van der Waals surface area contributed by atoms with Gasteiger partial charge in [-0.25, -0.2) is 9.37 Å². The third-order valence-electron chi connectivity index (χ3n) is 4.16. The predicted molar refractivity (Wildman–Crippen MR) is 101 cm³/mol. The number of halogens is 1. The van der Waals surface area contributed by atoms with Crippen LogP contribution >= 0.6 is 11.3 Å². The number of ether oxygens (including phenoxy) is 3. The first-order chi connectivity index (χ1) is 13.1. The van der Waals surface area contributed by atoms with E-state index in [4.69, 9.17) is 14.2 Å². The molecule has 1 aliphatic rings. The average molecular weight is 388 g/mol. The highest BCUT2D eigenvalue weighted by atomic mass is 32.1. The lowest BCUT2D eigenvalue weighted by molar-refractivity contribution is -0.116. The molecule has 3 aromatic rings. The lowest BCUT2D eigenvalue weighted by Gasteiger charge is -2.17. The SMILES string of the molecule is COc1ccc(CCC(=O)Nc2nc3cc4c(cc3s2)OCCO4)cc1F. The number of thiazole rings is 1. The molecule has 1 amide bonds. The molecule has 6 nitrogen and oxygen atoms in total. The zero-order valence-corrected chi connectivity index (χ0v) is 15.4. The normalized spacial score (nSPS) is 12.8. The van der Waals surface area contributed by atoms with E-state index < -0.39 is 5.82 Å². The van der Waals surface area contributed by atoms with Gasteiger partial charge in [0.15, 0.2) is 28.2 Å². The van der Waals surface area contributed by atoms with Crippen molar-refractivity contribution in [3.8, 4) is 17.2 Å². The lowest BCUT2D eigenvalue weighted by atomic mass is 10.1. The molecule has 27 heavy (non-hydrogen) atoms. The van der Waals surface area contributed by atoms with E-state index in [0.29, 0.717) is 36.3 Å². The number of methoxy groups -OCH3 is 1. The number of benzene rings is 2. The molecule has 1 aromatic heterocycles. The first-order valence-corrected chi connectivity index (χ1v) is 9.26. The number of nitrogens with zero attached hydrogens (tertiary/aromatic N) is 1. The number of carbonyl (C=O) groups excluding carboxylic acids is 1. The molecule has 2 heterocycles. The van der Waals surface area contributed by atoms with E-state index in [1.807, 2.05) is 12.1 Å². The van der Waals surface area contributed by atoms with Gasteiger partial charge in [0.25, 0.3) is 0 Å². The maximum atomic E-state index is 13.7. The van der Waals surface area contributed by atoms with Gasteiger partial charge in [-0.2, -0.15) is 0 Å². The van der Waals surface area contributed by atoms with Crippen LogP contribution in [0.5, 0.6) is 17.2 Å². The Labute approximate surface area is 158 Å². The fourth-order valence-corrected chi connectivity index (χ4v) is 3.72. The van der Waals surface area contributed by atoms with Crippen LogP contribution in [0.2, 0.25) is 0 Å². The molecule has 0 atom stereocenters. The number of hydrogen-bond acceptors (Lipinski definition) is 6. The number of amides is 1. The van der Waals surface area contributed by atoms with Crippen LogP contribution in [-0.2, 0) is 11.2 Å². The first kappa shape index (κ1) is 17.5. The van der Waals surface area contributed by atoms with Crippen molar-refractivity contribution >= 4 is 32.6 Å². The van der Waals surface area contributed by atoms with E-state index in [0.717, 1.165) is 15.8 Å². The molecule has 0 saturated heterocycles. The fraction of sp³-hybridized carbons (Fsp3) is 0.263.